The van der Waals surface area contributed by atoms with Crippen LogP contribution in [0.3, 0.4) is 0 Å². The summed E-state index contributed by atoms with van der Waals surface area (Å²) in [5.41, 5.74) is -0.0588. The van der Waals surface area contributed by atoms with Gasteiger partial charge in [0.15, 0.2) is 5.96 Å². The number of oxazole rings is 1. The Balaban J connectivity index is 1.82. The lowest BCUT2D eigenvalue weighted by atomic mass is 9.94. The molecule has 0 bridgehead atoms. The zero-order valence-corrected chi connectivity index (χ0v) is 16.6. The minimum absolute atomic E-state index is 0.0588. The van der Waals surface area contributed by atoms with E-state index in [2.05, 4.69) is 41.4 Å². The van der Waals surface area contributed by atoms with E-state index in [1.54, 1.807) is 18.3 Å². The number of hydrogen-bond donors (Lipinski definition) is 2. The van der Waals surface area contributed by atoms with Gasteiger partial charge in [-0.15, -0.1) is 0 Å². The number of hydrogen-bond acceptors (Lipinski definition) is 4. The summed E-state index contributed by atoms with van der Waals surface area (Å²) >= 11 is 5.86. The Kier molecular flexibility index (Phi) is 7.33. The average molecular weight is 379 g/mol. The molecule has 2 rings (SSSR count). The van der Waals surface area contributed by atoms with Crippen molar-refractivity contribution in [1.82, 2.24) is 15.6 Å². The first-order valence-electron chi connectivity index (χ1n) is 8.74. The summed E-state index contributed by atoms with van der Waals surface area (Å²) in [6.45, 7) is 10.6. The molecule has 0 aliphatic rings. The molecule has 0 aliphatic heterocycles. The van der Waals surface area contributed by atoms with Gasteiger partial charge < -0.3 is 19.8 Å². The number of halogens is 1. The third-order valence-electron chi connectivity index (χ3n) is 3.49. The molecule has 0 fully saturated rings. The van der Waals surface area contributed by atoms with Crippen LogP contribution in [0.4, 0.5) is 0 Å². The van der Waals surface area contributed by atoms with Crippen molar-refractivity contribution in [2.24, 2.45) is 4.99 Å². The van der Waals surface area contributed by atoms with Crippen LogP contribution in [0.15, 0.2) is 39.9 Å². The molecular formula is C19H27ClN4O2. The summed E-state index contributed by atoms with van der Waals surface area (Å²) < 4.78 is 11.4. The molecule has 0 saturated heterocycles. The van der Waals surface area contributed by atoms with Gasteiger partial charge in [-0.05, 0) is 31.2 Å². The first-order chi connectivity index (χ1) is 12.4. The van der Waals surface area contributed by atoms with Gasteiger partial charge in [0.2, 0.25) is 5.89 Å². The van der Waals surface area contributed by atoms with Crippen LogP contribution in [0.1, 0.15) is 39.3 Å². The van der Waals surface area contributed by atoms with E-state index in [1.165, 1.54) is 0 Å². The lowest BCUT2D eigenvalue weighted by Gasteiger charge is -2.13. The molecule has 26 heavy (non-hydrogen) atoms. The largest absolute Gasteiger partial charge is 0.492 e. The van der Waals surface area contributed by atoms with Gasteiger partial charge in [0.1, 0.15) is 24.7 Å². The molecule has 1 heterocycles. The second-order valence-corrected chi connectivity index (χ2v) is 7.23. The normalized spacial score (nSPS) is 12.1. The first kappa shape index (κ1) is 20.1. The van der Waals surface area contributed by atoms with Crippen LogP contribution in [0.5, 0.6) is 5.75 Å². The van der Waals surface area contributed by atoms with Crippen molar-refractivity contribution in [2.75, 3.05) is 19.7 Å². The van der Waals surface area contributed by atoms with Gasteiger partial charge >= 0.3 is 0 Å². The van der Waals surface area contributed by atoms with Crippen molar-refractivity contribution in [1.29, 1.82) is 0 Å². The maximum atomic E-state index is 5.86. The predicted molar refractivity (Wildman–Crippen MR) is 105 cm³/mol. The highest BCUT2D eigenvalue weighted by Crippen LogP contribution is 2.22. The lowest BCUT2D eigenvalue weighted by Crippen LogP contribution is -2.39. The van der Waals surface area contributed by atoms with Crippen molar-refractivity contribution in [3.05, 3.63) is 47.1 Å². The SMILES string of the molecule is CCNC(=NCc1ncc(C(C)(C)C)o1)NCCOc1ccc(Cl)cc1. The second kappa shape index (κ2) is 9.48. The topological polar surface area (TPSA) is 71.7 Å². The van der Waals surface area contributed by atoms with Crippen LogP contribution in [-0.2, 0) is 12.0 Å². The van der Waals surface area contributed by atoms with Gasteiger partial charge in [0.25, 0.3) is 0 Å². The molecule has 0 unspecified atom stereocenters. The number of guanidine groups is 1. The van der Waals surface area contributed by atoms with E-state index in [-0.39, 0.29) is 5.41 Å². The minimum atomic E-state index is -0.0588. The van der Waals surface area contributed by atoms with Crippen LogP contribution in [0.25, 0.3) is 0 Å². The van der Waals surface area contributed by atoms with Crippen molar-refractivity contribution < 1.29 is 9.15 Å². The van der Waals surface area contributed by atoms with Gasteiger partial charge in [0, 0.05) is 17.0 Å². The summed E-state index contributed by atoms with van der Waals surface area (Å²) in [5.74, 6) is 2.94. The molecule has 1 aromatic carbocycles. The Hall–Kier alpha value is -2.21. The van der Waals surface area contributed by atoms with E-state index in [4.69, 9.17) is 20.8 Å². The van der Waals surface area contributed by atoms with E-state index in [0.29, 0.717) is 36.6 Å². The van der Waals surface area contributed by atoms with Gasteiger partial charge in [-0.3, -0.25) is 0 Å². The van der Waals surface area contributed by atoms with Crippen molar-refractivity contribution in [2.45, 2.75) is 39.7 Å². The summed E-state index contributed by atoms with van der Waals surface area (Å²) in [4.78, 5) is 8.79. The summed E-state index contributed by atoms with van der Waals surface area (Å²) in [6.07, 6.45) is 1.77. The molecular weight excluding hydrogens is 352 g/mol. The van der Waals surface area contributed by atoms with Gasteiger partial charge in [-0.2, -0.15) is 0 Å². The maximum Gasteiger partial charge on any atom is 0.216 e. The summed E-state index contributed by atoms with van der Waals surface area (Å²) in [7, 11) is 0. The summed E-state index contributed by atoms with van der Waals surface area (Å²) in [6, 6.07) is 7.30. The molecule has 142 valence electrons. The van der Waals surface area contributed by atoms with Gasteiger partial charge in [-0.1, -0.05) is 32.4 Å². The van der Waals surface area contributed by atoms with E-state index in [1.807, 2.05) is 19.1 Å². The molecule has 6 nitrogen and oxygen atoms in total. The second-order valence-electron chi connectivity index (χ2n) is 6.79. The van der Waals surface area contributed by atoms with Gasteiger partial charge in [0.05, 0.1) is 12.7 Å². The molecule has 2 N–H and O–H groups in total. The van der Waals surface area contributed by atoms with Crippen molar-refractivity contribution in [3.63, 3.8) is 0 Å². The molecule has 0 radical (unpaired) electrons. The number of ether oxygens (including phenoxy) is 1. The number of nitrogens with zero attached hydrogens (tertiary/aromatic N) is 2. The van der Waals surface area contributed by atoms with Crippen molar-refractivity contribution in [3.8, 4) is 5.75 Å². The monoisotopic (exact) mass is 378 g/mol. The van der Waals surface area contributed by atoms with Crippen molar-refractivity contribution >= 4 is 17.6 Å². The van der Waals surface area contributed by atoms with Crippen LogP contribution in [0.2, 0.25) is 5.02 Å². The number of aromatic nitrogens is 1. The lowest BCUT2D eigenvalue weighted by molar-refractivity contribution is 0.322. The van der Waals surface area contributed by atoms with Crippen LogP contribution < -0.4 is 15.4 Å². The molecule has 1 aromatic heterocycles. The molecule has 2 aromatic rings. The highest BCUT2D eigenvalue weighted by molar-refractivity contribution is 6.30. The number of nitrogens with one attached hydrogen (secondary N) is 2. The fourth-order valence-corrected chi connectivity index (χ4v) is 2.21. The average Bonchev–Trinajstić information content (AvgIpc) is 3.07. The Labute approximate surface area is 160 Å². The Morgan fingerprint density at radius 1 is 1.23 bits per heavy atom. The quantitative estimate of drug-likeness (QED) is 0.436. The van der Waals surface area contributed by atoms with Crippen LogP contribution in [0, 0.1) is 0 Å². The Morgan fingerprint density at radius 2 is 1.96 bits per heavy atom. The molecule has 0 spiro atoms. The summed E-state index contributed by atoms with van der Waals surface area (Å²) in [5, 5.41) is 7.11. The maximum absolute atomic E-state index is 5.86. The number of aliphatic imine (C=N–C) groups is 1. The van der Waals surface area contributed by atoms with E-state index < -0.39 is 0 Å². The zero-order valence-electron chi connectivity index (χ0n) is 15.8. The highest BCUT2D eigenvalue weighted by Gasteiger charge is 2.18. The number of benzene rings is 1. The van der Waals surface area contributed by atoms with Crippen LogP contribution >= 0.6 is 11.6 Å². The van der Waals surface area contributed by atoms with E-state index in [0.717, 1.165) is 18.1 Å². The van der Waals surface area contributed by atoms with Gasteiger partial charge in [-0.25, -0.2) is 9.98 Å². The predicted octanol–water partition coefficient (Wildman–Crippen LogP) is 3.76. The standard InChI is InChI=1S/C19H27ClN4O2/c1-5-21-18(22-10-11-25-15-8-6-14(20)7-9-15)24-13-17-23-12-16(26-17)19(2,3)4/h6-9,12H,5,10-11,13H2,1-4H3,(H2,21,22,24). The molecule has 0 amide bonds. The molecule has 7 heteroatoms. The third-order valence-corrected chi connectivity index (χ3v) is 3.74. The highest BCUT2D eigenvalue weighted by atomic mass is 35.5. The fourth-order valence-electron chi connectivity index (χ4n) is 2.09. The smallest absolute Gasteiger partial charge is 0.216 e. The van der Waals surface area contributed by atoms with E-state index in [9.17, 15) is 0 Å². The fraction of sp³-hybridized carbons (Fsp3) is 0.474. The zero-order chi connectivity index (χ0) is 19.0. The Morgan fingerprint density at radius 3 is 2.58 bits per heavy atom. The van der Waals surface area contributed by atoms with E-state index >= 15 is 0 Å². The minimum Gasteiger partial charge on any atom is -0.492 e. The number of rotatable bonds is 7. The molecule has 0 atom stereocenters. The van der Waals surface area contributed by atoms with Crippen LogP contribution in [-0.4, -0.2) is 30.6 Å². The Bertz CT molecular complexity index is 705. The molecule has 0 saturated carbocycles. The first-order valence-corrected chi connectivity index (χ1v) is 9.12. The molecule has 0 aliphatic carbocycles. The third kappa shape index (κ3) is 6.59.